The Balaban J connectivity index is 1.72. The summed E-state index contributed by atoms with van der Waals surface area (Å²) in [5.74, 6) is -0.0310. The molecule has 0 aliphatic heterocycles. The molecule has 6 heteroatoms. The molecule has 1 heterocycles. The van der Waals surface area contributed by atoms with E-state index in [1.807, 2.05) is 36.4 Å². The molecule has 5 nitrogen and oxygen atoms in total. The van der Waals surface area contributed by atoms with Crippen LogP contribution in [0.25, 0.3) is 10.9 Å². The molecule has 0 saturated carbocycles. The minimum Gasteiger partial charge on any atom is -0.272 e. The van der Waals surface area contributed by atoms with E-state index < -0.39 is 0 Å². The first-order valence-corrected chi connectivity index (χ1v) is 7.67. The van der Waals surface area contributed by atoms with Gasteiger partial charge in [-0.1, -0.05) is 30.3 Å². The third-order valence-electron chi connectivity index (χ3n) is 3.02. The van der Waals surface area contributed by atoms with Crippen LogP contribution in [-0.2, 0) is 4.79 Å². The van der Waals surface area contributed by atoms with Crippen molar-refractivity contribution >= 4 is 28.6 Å². The Morgan fingerprint density at radius 3 is 2.64 bits per heavy atom. The lowest BCUT2D eigenvalue weighted by Crippen LogP contribution is -2.34. The van der Waals surface area contributed by atoms with Crippen LogP contribution in [0, 0.1) is 0 Å². The van der Waals surface area contributed by atoms with Crippen molar-refractivity contribution < 1.29 is 4.79 Å². The summed E-state index contributed by atoms with van der Waals surface area (Å²) in [5, 5.41) is 0.473. The van der Waals surface area contributed by atoms with E-state index in [9.17, 15) is 9.59 Å². The molecule has 0 saturated heterocycles. The molecule has 0 atom stereocenters. The number of hydrogen-bond donors (Lipinski definition) is 1. The highest BCUT2D eigenvalue weighted by Gasteiger charge is 2.07. The molecule has 1 N–H and O–H groups in total. The molecule has 3 rings (SSSR count). The molecule has 0 unspecified atom stereocenters. The number of carbonyl (C=O) groups excluding carboxylic acids is 1. The fourth-order valence-electron chi connectivity index (χ4n) is 1.98. The van der Waals surface area contributed by atoms with Crippen LogP contribution in [0.5, 0.6) is 0 Å². The predicted octanol–water partition coefficient (Wildman–Crippen LogP) is 2.26. The third kappa shape index (κ3) is 3.17. The van der Waals surface area contributed by atoms with Gasteiger partial charge in [-0.05, 0) is 24.3 Å². The lowest BCUT2D eigenvalue weighted by Gasteiger charge is -2.08. The molecule has 0 aliphatic carbocycles. The Morgan fingerprint density at radius 2 is 1.82 bits per heavy atom. The normalized spacial score (nSPS) is 10.5. The minimum atomic E-state index is -0.288. The number of carbonyl (C=O) groups is 1. The van der Waals surface area contributed by atoms with Gasteiger partial charge in [-0.15, -0.1) is 11.8 Å². The minimum absolute atomic E-state index is 0.225. The fourth-order valence-corrected chi connectivity index (χ4v) is 2.69. The Labute approximate surface area is 131 Å². The van der Waals surface area contributed by atoms with Crippen molar-refractivity contribution in [1.82, 2.24) is 9.66 Å². The average molecular weight is 311 g/mol. The van der Waals surface area contributed by atoms with E-state index in [0.29, 0.717) is 10.9 Å². The molecule has 0 radical (unpaired) electrons. The van der Waals surface area contributed by atoms with Crippen molar-refractivity contribution in [1.29, 1.82) is 0 Å². The molecular formula is C16H13N3O2S. The number of aromatic nitrogens is 2. The van der Waals surface area contributed by atoms with Gasteiger partial charge in [0.15, 0.2) is 0 Å². The summed E-state index contributed by atoms with van der Waals surface area (Å²) in [4.78, 5) is 29.4. The number of thioether (sulfide) groups is 1. The van der Waals surface area contributed by atoms with Gasteiger partial charge in [0.25, 0.3) is 5.56 Å². The van der Waals surface area contributed by atoms with E-state index in [4.69, 9.17) is 0 Å². The van der Waals surface area contributed by atoms with E-state index in [0.717, 1.165) is 9.57 Å². The van der Waals surface area contributed by atoms with Crippen molar-refractivity contribution in [3.05, 3.63) is 71.3 Å². The molecular weight excluding hydrogens is 298 g/mol. The van der Waals surface area contributed by atoms with Crippen molar-refractivity contribution in [2.45, 2.75) is 4.90 Å². The topological polar surface area (TPSA) is 64.0 Å². The maximum Gasteiger partial charge on any atom is 0.280 e. The summed E-state index contributed by atoms with van der Waals surface area (Å²) >= 11 is 1.41. The second-order valence-electron chi connectivity index (χ2n) is 4.57. The highest BCUT2D eigenvalue weighted by molar-refractivity contribution is 8.00. The first-order valence-electron chi connectivity index (χ1n) is 6.68. The molecule has 0 spiro atoms. The van der Waals surface area contributed by atoms with Crippen LogP contribution in [0.15, 0.2) is 70.6 Å². The summed E-state index contributed by atoms with van der Waals surface area (Å²) < 4.78 is 1.12. The largest absolute Gasteiger partial charge is 0.280 e. The summed E-state index contributed by atoms with van der Waals surface area (Å²) in [6, 6.07) is 16.6. The lowest BCUT2D eigenvalue weighted by molar-refractivity contribution is -0.114. The van der Waals surface area contributed by atoms with Crippen LogP contribution in [0.1, 0.15) is 0 Å². The van der Waals surface area contributed by atoms with E-state index in [-0.39, 0.29) is 17.2 Å². The number of benzene rings is 2. The fraction of sp³-hybridized carbons (Fsp3) is 0.0625. The number of nitrogens with one attached hydrogen (secondary N) is 1. The second kappa shape index (κ2) is 6.44. The maximum absolute atomic E-state index is 12.2. The van der Waals surface area contributed by atoms with Gasteiger partial charge in [0.1, 0.15) is 6.33 Å². The molecule has 0 bridgehead atoms. The highest BCUT2D eigenvalue weighted by atomic mass is 32.2. The molecule has 3 aromatic rings. The van der Waals surface area contributed by atoms with Gasteiger partial charge in [0, 0.05) is 4.90 Å². The Hall–Kier alpha value is -2.60. The van der Waals surface area contributed by atoms with Crippen molar-refractivity contribution in [3.63, 3.8) is 0 Å². The molecule has 0 aliphatic rings. The van der Waals surface area contributed by atoms with Gasteiger partial charge < -0.3 is 0 Å². The van der Waals surface area contributed by atoms with Crippen LogP contribution >= 0.6 is 11.8 Å². The SMILES string of the molecule is O=C(CSc1ccccc1)Nn1cnc2ccccc2c1=O. The van der Waals surface area contributed by atoms with E-state index in [2.05, 4.69) is 10.4 Å². The van der Waals surface area contributed by atoms with Crippen LogP contribution in [0.3, 0.4) is 0 Å². The van der Waals surface area contributed by atoms with Gasteiger partial charge in [-0.2, -0.15) is 0 Å². The van der Waals surface area contributed by atoms with Gasteiger partial charge >= 0.3 is 0 Å². The molecule has 110 valence electrons. The number of hydrogen-bond acceptors (Lipinski definition) is 4. The van der Waals surface area contributed by atoms with Crippen molar-refractivity contribution in [2.75, 3.05) is 11.2 Å². The van der Waals surface area contributed by atoms with E-state index in [1.54, 1.807) is 18.2 Å². The van der Waals surface area contributed by atoms with Gasteiger partial charge in [0.2, 0.25) is 5.91 Å². The Kier molecular flexibility index (Phi) is 4.20. The van der Waals surface area contributed by atoms with Gasteiger partial charge in [0.05, 0.1) is 16.7 Å². The van der Waals surface area contributed by atoms with Crippen LogP contribution in [-0.4, -0.2) is 21.3 Å². The Bertz CT molecular complexity index is 862. The summed E-state index contributed by atoms with van der Waals surface area (Å²) in [6.07, 6.45) is 1.33. The summed E-state index contributed by atoms with van der Waals surface area (Å²) in [7, 11) is 0. The van der Waals surface area contributed by atoms with Crippen LogP contribution in [0.4, 0.5) is 0 Å². The predicted molar refractivity (Wildman–Crippen MR) is 87.5 cm³/mol. The van der Waals surface area contributed by atoms with Crippen molar-refractivity contribution in [2.24, 2.45) is 0 Å². The van der Waals surface area contributed by atoms with Crippen LogP contribution < -0.4 is 11.0 Å². The first-order chi connectivity index (χ1) is 10.7. The number of nitrogens with zero attached hydrogens (tertiary/aromatic N) is 2. The third-order valence-corrected chi connectivity index (χ3v) is 4.04. The number of amides is 1. The smallest absolute Gasteiger partial charge is 0.272 e. The summed E-state index contributed by atoms with van der Waals surface area (Å²) in [5.41, 5.74) is 2.87. The number of fused-ring (bicyclic) bond motifs is 1. The Morgan fingerprint density at radius 1 is 1.09 bits per heavy atom. The van der Waals surface area contributed by atoms with Gasteiger partial charge in [-0.3, -0.25) is 15.0 Å². The van der Waals surface area contributed by atoms with Crippen molar-refractivity contribution in [3.8, 4) is 0 Å². The molecule has 1 amide bonds. The zero-order valence-corrected chi connectivity index (χ0v) is 12.4. The zero-order chi connectivity index (χ0) is 15.4. The lowest BCUT2D eigenvalue weighted by atomic mass is 10.2. The molecule has 1 aromatic heterocycles. The quantitative estimate of drug-likeness (QED) is 0.751. The monoisotopic (exact) mass is 311 g/mol. The zero-order valence-electron chi connectivity index (χ0n) is 11.6. The summed E-state index contributed by atoms with van der Waals surface area (Å²) in [6.45, 7) is 0. The van der Waals surface area contributed by atoms with E-state index >= 15 is 0 Å². The maximum atomic E-state index is 12.2. The highest BCUT2D eigenvalue weighted by Crippen LogP contribution is 2.16. The molecule has 0 fully saturated rings. The molecule has 22 heavy (non-hydrogen) atoms. The number of para-hydroxylation sites is 1. The average Bonchev–Trinajstić information content (AvgIpc) is 2.57. The van der Waals surface area contributed by atoms with Crippen LogP contribution in [0.2, 0.25) is 0 Å². The van der Waals surface area contributed by atoms with Gasteiger partial charge in [-0.25, -0.2) is 9.66 Å². The van der Waals surface area contributed by atoms with E-state index in [1.165, 1.54) is 18.1 Å². The number of rotatable bonds is 4. The second-order valence-corrected chi connectivity index (χ2v) is 5.62. The molecule has 2 aromatic carbocycles. The standard InChI is InChI=1S/C16H13N3O2S/c20-15(10-22-12-6-2-1-3-7-12)18-19-11-17-14-9-5-4-8-13(14)16(19)21/h1-9,11H,10H2,(H,18,20). The first kappa shape index (κ1) is 14.3.